The van der Waals surface area contributed by atoms with Gasteiger partial charge in [0.1, 0.15) is 6.04 Å². The number of carboxylic acids is 2. The van der Waals surface area contributed by atoms with Crippen LogP contribution >= 0.6 is 0 Å². The number of carboxylic acid groups (broad SMARTS) is 2. The van der Waals surface area contributed by atoms with E-state index in [0.29, 0.717) is 0 Å². The fourth-order valence-electron chi connectivity index (χ4n) is 1.55. The van der Waals surface area contributed by atoms with E-state index in [9.17, 15) is 23.6 Å². The van der Waals surface area contributed by atoms with Gasteiger partial charge in [0.2, 0.25) is 5.95 Å². The van der Waals surface area contributed by atoms with E-state index in [0.717, 1.165) is 12.3 Å². The maximum Gasteiger partial charge on any atom is 0.326 e. The zero-order chi connectivity index (χ0) is 18.1. The van der Waals surface area contributed by atoms with Crippen molar-refractivity contribution < 1.29 is 33.8 Å². The van der Waals surface area contributed by atoms with E-state index in [2.05, 4.69) is 15.6 Å². The molecule has 11 heteroatoms. The van der Waals surface area contributed by atoms with Gasteiger partial charge in [-0.1, -0.05) is 0 Å². The number of urea groups is 1. The Labute approximate surface area is 135 Å². The predicted octanol–water partition coefficient (Wildman–Crippen LogP) is -0.822. The largest absolute Gasteiger partial charge is 0.481 e. The molecule has 24 heavy (non-hydrogen) atoms. The third-order valence-electron chi connectivity index (χ3n) is 2.67. The molecule has 1 atom stereocenters. The van der Waals surface area contributed by atoms with Gasteiger partial charge in [0.05, 0.1) is 12.0 Å². The maximum absolute atomic E-state index is 12.6. The van der Waals surface area contributed by atoms with E-state index in [1.165, 1.54) is 6.07 Å². The molecule has 0 aliphatic rings. The number of pyridine rings is 1. The average molecular weight is 341 g/mol. The van der Waals surface area contributed by atoms with Crippen molar-refractivity contribution in [2.75, 3.05) is 13.1 Å². The van der Waals surface area contributed by atoms with Gasteiger partial charge in [0, 0.05) is 19.3 Å². The molecule has 1 aromatic heterocycles. The maximum atomic E-state index is 12.6. The Hall–Kier alpha value is -3.24. The molecule has 0 aliphatic heterocycles. The van der Waals surface area contributed by atoms with Crippen LogP contribution in [0, 0.1) is 5.95 Å². The molecule has 1 heterocycles. The van der Waals surface area contributed by atoms with E-state index in [-0.39, 0.29) is 18.7 Å². The Morgan fingerprint density at radius 1 is 1.12 bits per heavy atom. The average Bonchev–Trinajstić information content (AvgIpc) is 2.50. The number of halogens is 1. The number of carbonyl (C=O) groups is 4. The number of rotatable bonds is 8. The monoisotopic (exact) mass is 341 g/mol. The highest BCUT2D eigenvalue weighted by Gasteiger charge is 2.22. The summed E-state index contributed by atoms with van der Waals surface area (Å²) < 4.78 is 12.6. The lowest BCUT2D eigenvalue weighted by atomic mass is 10.2. The van der Waals surface area contributed by atoms with Crippen LogP contribution in [0.5, 0.6) is 0 Å². The van der Waals surface area contributed by atoms with Crippen LogP contribution in [0.25, 0.3) is 0 Å². The van der Waals surface area contributed by atoms with Crippen molar-refractivity contribution in [3.8, 4) is 0 Å². The van der Waals surface area contributed by atoms with Crippen molar-refractivity contribution in [1.29, 1.82) is 0 Å². The van der Waals surface area contributed by atoms with E-state index in [1.807, 2.05) is 5.32 Å². The summed E-state index contributed by atoms with van der Waals surface area (Å²) in [6, 6.07) is -0.195. The molecule has 0 saturated carbocycles. The van der Waals surface area contributed by atoms with E-state index in [1.54, 1.807) is 0 Å². The Morgan fingerprint density at radius 2 is 1.79 bits per heavy atom. The van der Waals surface area contributed by atoms with Crippen molar-refractivity contribution in [1.82, 2.24) is 20.9 Å². The fraction of sp³-hybridized carbons (Fsp3) is 0.308. The van der Waals surface area contributed by atoms with Crippen molar-refractivity contribution in [2.45, 2.75) is 12.5 Å². The molecular weight excluding hydrogens is 326 g/mol. The lowest BCUT2D eigenvalue weighted by Gasteiger charge is -2.13. The third-order valence-corrected chi connectivity index (χ3v) is 2.67. The second-order valence-electron chi connectivity index (χ2n) is 4.51. The van der Waals surface area contributed by atoms with Crippen molar-refractivity contribution in [2.24, 2.45) is 0 Å². The van der Waals surface area contributed by atoms with Crippen molar-refractivity contribution in [3.63, 3.8) is 0 Å². The van der Waals surface area contributed by atoms with E-state index >= 15 is 0 Å². The highest BCUT2D eigenvalue weighted by Crippen LogP contribution is 1.98. The summed E-state index contributed by atoms with van der Waals surface area (Å²) in [6.45, 7) is -0.0219. The summed E-state index contributed by atoms with van der Waals surface area (Å²) in [7, 11) is 0. The van der Waals surface area contributed by atoms with Gasteiger partial charge in [-0.25, -0.2) is 14.6 Å². The smallest absolute Gasteiger partial charge is 0.326 e. The van der Waals surface area contributed by atoms with E-state index < -0.39 is 42.3 Å². The molecule has 0 aliphatic carbocycles. The SMILES string of the molecule is O=C(O)C[C@H](NC(=O)NCCNC(=O)c1ccc([18F])nc1)C(=O)O. The fourth-order valence-corrected chi connectivity index (χ4v) is 1.55. The lowest BCUT2D eigenvalue weighted by Crippen LogP contribution is -2.48. The minimum Gasteiger partial charge on any atom is -0.481 e. The summed E-state index contributed by atoms with van der Waals surface area (Å²) in [6.07, 6.45) is 0.283. The summed E-state index contributed by atoms with van der Waals surface area (Å²) in [5.74, 6) is -4.11. The minimum absolute atomic E-state index is 0.0142. The van der Waals surface area contributed by atoms with Gasteiger partial charge < -0.3 is 26.2 Å². The summed E-state index contributed by atoms with van der Waals surface area (Å²) in [5, 5.41) is 24.0. The first-order valence-electron chi connectivity index (χ1n) is 6.68. The van der Waals surface area contributed by atoms with Gasteiger partial charge in [-0.15, -0.1) is 0 Å². The Bertz CT molecular complexity index is 621. The van der Waals surface area contributed by atoms with Crippen molar-refractivity contribution in [3.05, 3.63) is 29.8 Å². The third kappa shape index (κ3) is 6.68. The molecule has 0 bridgehead atoms. The molecule has 0 saturated heterocycles. The first-order chi connectivity index (χ1) is 11.3. The van der Waals surface area contributed by atoms with E-state index in [4.69, 9.17) is 10.2 Å². The standard InChI is InChI=1S/C13H15FN4O6/c14-9-2-1-7(6-17-9)11(21)15-3-4-16-13(24)18-8(12(22)23)5-10(19)20/h1-2,6,8H,3-5H2,(H,15,21)(H,19,20)(H,22,23)(H2,16,18,24)/t8-/m0/s1/i14-1. The first-order valence-corrected chi connectivity index (χ1v) is 6.68. The minimum atomic E-state index is -1.57. The topological polar surface area (TPSA) is 158 Å². The molecule has 0 fully saturated rings. The number of nitrogens with zero attached hydrogens (tertiary/aromatic N) is 1. The molecule has 130 valence electrons. The molecule has 0 radical (unpaired) electrons. The highest BCUT2D eigenvalue weighted by atomic mass is 18.2. The Kier molecular flexibility index (Phi) is 7.07. The second kappa shape index (κ2) is 9.02. The number of aromatic nitrogens is 1. The lowest BCUT2D eigenvalue weighted by molar-refractivity contribution is -0.145. The molecule has 0 aromatic carbocycles. The summed E-state index contributed by atoms with van der Waals surface area (Å²) in [5.41, 5.74) is 0.133. The predicted molar refractivity (Wildman–Crippen MR) is 76.7 cm³/mol. The van der Waals surface area contributed by atoms with Crippen LogP contribution in [-0.4, -0.2) is 58.2 Å². The van der Waals surface area contributed by atoms with Crippen molar-refractivity contribution >= 4 is 23.9 Å². The van der Waals surface area contributed by atoms with Crippen LogP contribution in [0.4, 0.5) is 9.18 Å². The van der Waals surface area contributed by atoms with Crippen LogP contribution < -0.4 is 16.0 Å². The zero-order valence-corrected chi connectivity index (χ0v) is 12.3. The number of nitrogens with one attached hydrogen (secondary N) is 3. The number of carbonyl (C=O) groups excluding carboxylic acids is 2. The number of aliphatic carboxylic acids is 2. The van der Waals surface area contributed by atoms with Gasteiger partial charge in [-0.05, 0) is 12.1 Å². The van der Waals surface area contributed by atoms with Crippen LogP contribution in [0.3, 0.4) is 0 Å². The molecule has 10 nitrogen and oxygen atoms in total. The Balaban J connectivity index is 2.32. The van der Waals surface area contributed by atoms with Gasteiger partial charge in [-0.3, -0.25) is 9.59 Å². The quantitative estimate of drug-likeness (QED) is 0.305. The van der Waals surface area contributed by atoms with Gasteiger partial charge in [0.15, 0.2) is 0 Å². The number of amides is 3. The molecule has 1 aromatic rings. The molecule has 1 rings (SSSR count). The summed E-state index contributed by atoms with van der Waals surface area (Å²) in [4.78, 5) is 47.7. The molecule has 0 spiro atoms. The van der Waals surface area contributed by atoms with Gasteiger partial charge in [0.25, 0.3) is 5.91 Å². The van der Waals surface area contributed by atoms with Gasteiger partial charge in [-0.2, -0.15) is 4.39 Å². The zero-order valence-electron chi connectivity index (χ0n) is 12.3. The molecule has 0 unspecified atom stereocenters. The van der Waals surface area contributed by atoms with Crippen LogP contribution in [0.2, 0.25) is 0 Å². The van der Waals surface area contributed by atoms with Crippen LogP contribution in [0.1, 0.15) is 16.8 Å². The molecule has 3 amide bonds. The molecular formula is C13H15FN4O6. The Morgan fingerprint density at radius 3 is 2.33 bits per heavy atom. The molecule has 5 N–H and O–H groups in total. The van der Waals surface area contributed by atoms with Gasteiger partial charge >= 0.3 is 18.0 Å². The number of hydrogen-bond donors (Lipinski definition) is 5. The second-order valence-corrected chi connectivity index (χ2v) is 4.51. The van der Waals surface area contributed by atoms with Crippen LogP contribution in [-0.2, 0) is 9.59 Å². The first kappa shape index (κ1) is 18.8. The summed E-state index contributed by atoms with van der Waals surface area (Å²) >= 11 is 0. The van der Waals surface area contributed by atoms with Crippen LogP contribution in [0.15, 0.2) is 18.3 Å². The number of hydrogen-bond acceptors (Lipinski definition) is 5. The normalized spacial score (nSPS) is 11.2. The highest BCUT2D eigenvalue weighted by molar-refractivity contribution is 5.93.